The van der Waals surface area contributed by atoms with Crippen molar-refractivity contribution in [2.45, 2.75) is 37.2 Å². The Morgan fingerprint density at radius 3 is 2.13 bits per heavy atom. The summed E-state index contributed by atoms with van der Waals surface area (Å²) in [7, 11) is 1.22. The number of hydrogen-bond donors (Lipinski definition) is 3. The smallest absolute Gasteiger partial charge is 0.411 e. The summed E-state index contributed by atoms with van der Waals surface area (Å²) in [4.78, 5) is 38.5. The van der Waals surface area contributed by atoms with E-state index in [0.29, 0.717) is 29.3 Å². The number of aryl methyl sites for hydroxylation is 1. The molecule has 5 rings (SSSR count). The molecule has 250 valence electrons. The van der Waals surface area contributed by atoms with Gasteiger partial charge in [-0.05, 0) is 85.0 Å². The van der Waals surface area contributed by atoms with Gasteiger partial charge in [0.2, 0.25) is 5.91 Å². The number of hydrogen-bond acceptors (Lipinski definition) is 9. The molecule has 0 radical (unpaired) electrons. The van der Waals surface area contributed by atoms with Crippen LogP contribution in [-0.4, -0.2) is 71.9 Å². The summed E-state index contributed by atoms with van der Waals surface area (Å²) in [5.74, 6) is 1.12. The van der Waals surface area contributed by atoms with Crippen molar-refractivity contribution < 1.29 is 37.0 Å². The summed E-state index contributed by atoms with van der Waals surface area (Å²) in [6.07, 6.45) is 10.6. The number of carbonyl (C=O) groups excluding carboxylic acids is 3. The van der Waals surface area contributed by atoms with Gasteiger partial charge in [0.15, 0.2) is 21.3 Å². The lowest BCUT2D eigenvalue weighted by Crippen LogP contribution is -2.36. The molecule has 1 unspecified atom stereocenters. The molecule has 3 aromatic carbocycles. The number of likely N-dealkylation sites (tertiary alicyclic amines) is 1. The van der Waals surface area contributed by atoms with Crippen molar-refractivity contribution in [1.29, 1.82) is 0 Å². The van der Waals surface area contributed by atoms with Gasteiger partial charge in [-0.1, -0.05) is 6.07 Å². The van der Waals surface area contributed by atoms with Crippen molar-refractivity contribution in [1.82, 2.24) is 10.2 Å². The van der Waals surface area contributed by atoms with Gasteiger partial charge in [-0.25, -0.2) is 13.2 Å². The van der Waals surface area contributed by atoms with Crippen LogP contribution in [0.2, 0.25) is 0 Å². The molecule has 3 aromatic rings. The second-order valence-electron chi connectivity index (χ2n) is 10.6. The molecule has 3 amide bonds. The van der Waals surface area contributed by atoms with E-state index < -0.39 is 22.0 Å². The number of rotatable bonds is 8. The van der Waals surface area contributed by atoms with Crippen LogP contribution in [-0.2, 0) is 25.9 Å². The summed E-state index contributed by atoms with van der Waals surface area (Å²) < 4.78 is 37.4. The molecule has 0 aromatic heterocycles. The Labute approximate surface area is 275 Å². The Morgan fingerprint density at radius 1 is 0.915 bits per heavy atom. The van der Waals surface area contributed by atoms with Gasteiger partial charge >= 0.3 is 6.09 Å². The van der Waals surface area contributed by atoms with Crippen LogP contribution in [0.5, 0.6) is 11.5 Å². The molecule has 0 aliphatic carbocycles. The van der Waals surface area contributed by atoms with E-state index in [1.165, 1.54) is 31.4 Å². The lowest BCUT2D eigenvalue weighted by molar-refractivity contribution is -0.131. The monoisotopic (exact) mass is 664 g/mol. The Hall–Kier alpha value is -5.22. The lowest BCUT2D eigenvalue weighted by Gasteiger charge is -2.26. The van der Waals surface area contributed by atoms with Crippen LogP contribution in [0.1, 0.15) is 45.9 Å². The van der Waals surface area contributed by atoms with Gasteiger partial charge in [-0.3, -0.25) is 14.9 Å². The predicted octanol–water partition coefficient (Wildman–Crippen LogP) is 4.55. The van der Waals surface area contributed by atoms with Crippen molar-refractivity contribution in [2.24, 2.45) is 0 Å². The minimum Gasteiger partial charge on any atom is -0.493 e. The Morgan fingerprint density at radius 2 is 1.55 bits per heavy atom. The summed E-state index contributed by atoms with van der Waals surface area (Å²) >= 11 is 0. The van der Waals surface area contributed by atoms with E-state index in [9.17, 15) is 22.8 Å². The molecule has 2 aliphatic rings. The number of methoxy groups -OCH3 is 3. The maximum Gasteiger partial charge on any atom is 0.411 e. The maximum absolute atomic E-state index is 13.4. The van der Waals surface area contributed by atoms with E-state index in [1.54, 1.807) is 14.2 Å². The quantitative estimate of drug-likeness (QED) is 0.295. The highest BCUT2D eigenvalue weighted by molar-refractivity contribution is 7.90. The minimum atomic E-state index is -3.20. The van der Waals surface area contributed by atoms with Crippen LogP contribution < -0.4 is 25.4 Å². The van der Waals surface area contributed by atoms with Gasteiger partial charge in [-0.15, -0.1) is 12.8 Å². The standard InChI is InChI=1S/C23H27N3O4.C9H11NO4S.C2H2/c1-14-10-16(12-17-18(14)13-24-22(17)27)25-21(23(28)26-8-4-5-9-26)15-6-7-19(29-2)20(11-15)30-3;1-14-9(11)10-7-3-5-8(6-4-7)15(2,12)13;1-2/h6-7,10-12,21,25H,4-5,8-9,13H2,1-3H3,(H,24,27);3-6H,1-2H3,(H,10,11);1-2H. The average molecular weight is 665 g/mol. The average Bonchev–Trinajstić information content (AvgIpc) is 3.75. The molecule has 47 heavy (non-hydrogen) atoms. The van der Waals surface area contributed by atoms with E-state index in [4.69, 9.17) is 9.47 Å². The predicted molar refractivity (Wildman–Crippen MR) is 180 cm³/mol. The van der Waals surface area contributed by atoms with Gasteiger partial charge in [0.1, 0.15) is 6.04 Å². The molecule has 0 saturated carbocycles. The lowest BCUT2D eigenvalue weighted by atomic mass is 10.0. The number of nitrogens with one attached hydrogen (secondary N) is 3. The van der Waals surface area contributed by atoms with Crippen molar-refractivity contribution >= 4 is 39.1 Å². The van der Waals surface area contributed by atoms with Crippen LogP contribution >= 0.6 is 0 Å². The number of amides is 3. The van der Waals surface area contributed by atoms with Crippen molar-refractivity contribution in [3.05, 3.63) is 76.9 Å². The molecule has 2 aliphatic heterocycles. The molecular formula is C34H40N4O8S. The molecule has 2 heterocycles. The normalized spacial score (nSPS) is 13.8. The molecule has 3 N–H and O–H groups in total. The second-order valence-corrected chi connectivity index (χ2v) is 12.7. The number of nitrogens with zero attached hydrogens (tertiary/aromatic N) is 1. The zero-order valence-electron chi connectivity index (χ0n) is 27.1. The molecule has 13 heteroatoms. The van der Waals surface area contributed by atoms with E-state index in [0.717, 1.165) is 54.6 Å². The van der Waals surface area contributed by atoms with Crippen molar-refractivity contribution in [3.8, 4) is 24.3 Å². The van der Waals surface area contributed by atoms with E-state index in [-0.39, 0.29) is 16.7 Å². The first-order valence-electron chi connectivity index (χ1n) is 14.6. The minimum absolute atomic E-state index is 0.0160. The number of anilines is 2. The third kappa shape index (κ3) is 9.17. The van der Waals surface area contributed by atoms with Gasteiger partial charge < -0.3 is 29.7 Å². The Balaban J connectivity index is 0.000000298. The number of fused-ring (bicyclic) bond motifs is 1. The number of ether oxygens (including phenoxy) is 3. The fourth-order valence-electron chi connectivity index (χ4n) is 5.16. The number of sulfone groups is 1. The third-order valence-corrected chi connectivity index (χ3v) is 8.70. The van der Waals surface area contributed by atoms with Gasteiger partial charge in [0.05, 0.1) is 26.2 Å². The number of terminal acetylenes is 1. The number of benzene rings is 3. The fourth-order valence-corrected chi connectivity index (χ4v) is 5.79. The fraction of sp³-hybridized carbons (Fsp3) is 0.324. The topological polar surface area (TPSA) is 152 Å². The highest BCUT2D eigenvalue weighted by Gasteiger charge is 2.30. The first kappa shape index (κ1) is 36.3. The van der Waals surface area contributed by atoms with Crippen molar-refractivity contribution in [3.63, 3.8) is 0 Å². The van der Waals surface area contributed by atoms with Gasteiger partial charge in [0.25, 0.3) is 5.91 Å². The van der Waals surface area contributed by atoms with Gasteiger partial charge in [-0.2, -0.15) is 0 Å². The highest BCUT2D eigenvalue weighted by Crippen LogP contribution is 2.34. The maximum atomic E-state index is 13.4. The SMILES string of the molecule is C#C.COC(=O)Nc1ccc(S(C)(=O)=O)cc1.COc1ccc(C(Nc2cc(C)c3c(c2)C(=O)NC3)C(=O)N2CCCC2)cc1OC. The van der Waals surface area contributed by atoms with Crippen LogP contribution in [0.25, 0.3) is 0 Å². The summed E-state index contributed by atoms with van der Waals surface area (Å²) in [5.41, 5.74) is 4.71. The molecule has 0 spiro atoms. The van der Waals surface area contributed by atoms with Crippen LogP contribution in [0.4, 0.5) is 16.2 Å². The first-order chi connectivity index (χ1) is 22.4. The summed E-state index contributed by atoms with van der Waals surface area (Å²) in [6, 6.07) is 14.6. The molecule has 1 fully saturated rings. The van der Waals surface area contributed by atoms with Crippen LogP contribution in [0.15, 0.2) is 59.5 Å². The molecular weight excluding hydrogens is 624 g/mol. The molecule has 12 nitrogen and oxygen atoms in total. The zero-order valence-corrected chi connectivity index (χ0v) is 27.9. The second kappa shape index (κ2) is 16.4. The third-order valence-electron chi connectivity index (χ3n) is 7.57. The number of carbonyl (C=O) groups is 3. The first-order valence-corrected chi connectivity index (χ1v) is 16.5. The van der Waals surface area contributed by atoms with Crippen LogP contribution in [0, 0.1) is 19.8 Å². The highest BCUT2D eigenvalue weighted by atomic mass is 32.2. The van der Waals surface area contributed by atoms with Gasteiger partial charge in [0, 0.05) is 42.8 Å². The molecule has 1 saturated heterocycles. The summed E-state index contributed by atoms with van der Waals surface area (Å²) in [6.45, 7) is 4.05. The Kier molecular flexibility index (Phi) is 12.6. The van der Waals surface area contributed by atoms with E-state index in [1.807, 2.05) is 42.2 Å². The summed E-state index contributed by atoms with van der Waals surface area (Å²) in [5, 5.41) is 8.66. The van der Waals surface area contributed by atoms with Crippen LogP contribution in [0.3, 0.4) is 0 Å². The van der Waals surface area contributed by atoms with E-state index in [2.05, 4.69) is 33.5 Å². The van der Waals surface area contributed by atoms with E-state index >= 15 is 0 Å². The van der Waals surface area contributed by atoms with Crippen molar-refractivity contribution in [2.75, 3.05) is 51.3 Å². The molecule has 1 atom stereocenters. The molecule has 0 bridgehead atoms. The largest absolute Gasteiger partial charge is 0.493 e. The Bertz CT molecular complexity index is 1720. The zero-order chi connectivity index (χ0) is 34.7.